The van der Waals surface area contributed by atoms with E-state index in [1.54, 1.807) is 0 Å². The fraction of sp³-hybridized carbons (Fsp3) is 0.818. The lowest BCUT2D eigenvalue weighted by atomic mass is 10.2. The molecule has 9 heteroatoms. The molecule has 0 aromatic carbocycles. The molecular formula is C11H16F3N3O3. The van der Waals surface area contributed by atoms with E-state index in [2.05, 4.69) is 20.2 Å². The van der Waals surface area contributed by atoms with Crippen LogP contribution in [0.15, 0.2) is 4.52 Å². The standard InChI is InChI=1S/C11H16F3N3O3/c12-11(13,14)7-19-3-1-9-16-10(20-17-9)5-8-6-18-4-2-15-8/h8,15H,1-7H2. The molecule has 1 aliphatic heterocycles. The highest BCUT2D eigenvalue weighted by molar-refractivity contribution is 4.90. The Labute approximate surface area is 113 Å². The van der Waals surface area contributed by atoms with E-state index in [4.69, 9.17) is 9.26 Å². The van der Waals surface area contributed by atoms with E-state index in [-0.39, 0.29) is 19.1 Å². The van der Waals surface area contributed by atoms with Gasteiger partial charge in [-0.05, 0) is 0 Å². The van der Waals surface area contributed by atoms with Gasteiger partial charge in [0.2, 0.25) is 5.89 Å². The number of hydrogen-bond donors (Lipinski definition) is 1. The molecule has 20 heavy (non-hydrogen) atoms. The van der Waals surface area contributed by atoms with Crippen molar-refractivity contribution in [3.63, 3.8) is 0 Å². The van der Waals surface area contributed by atoms with Crippen molar-refractivity contribution in [1.29, 1.82) is 0 Å². The van der Waals surface area contributed by atoms with Crippen LogP contribution in [0.2, 0.25) is 0 Å². The summed E-state index contributed by atoms with van der Waals surface area (Å²) in [6, 6.07) is 0.124. The number of alkyl halides is 3. The van der Waals surface area contributed by atoms with Crippen LogP contribution in [0.1, 0.15) is 11.7 Å². The molecule has 1 aromatic rings. The highest BCUT2D eigenvalue weighted by Gasteiger charge is 2.27. The van der Waals surface area contributed by atoms with Gasteiger partial charge in [0.05, 0.1) is 19.8 Å². The second-order valence-corrected chi connectivity index (χ2v) is 4.45. The van der Waals surface area contributed by atoms with Gasteiger partial charge in [0.25, 0.3) is 0 Å². The van der Waals surface area contributed by atoms with Gasteiger partial charge in [-0.25, -0.2) is 0 Å². The summed E-state index contributed by atoms with van der Waals surface area (Å²) in [6.45, 7) is 0.676. The first-order chi connectivity index (χ1) is 9.53. The van der Waals surface area contributed by atoms with Gasteiger partial charge in [-0.1, -0.05) is 5.16 Å². The Morgan fingerprint density at radius 1 is 1.40 bits per heavy atom. The molecule has 1 aliphatic rings. The lowest BCUT2D eigenvalue weighted by Gasteiger charge is -2.22. The lowest BCUT2D eigenvalue weighted by Crippen LogP contribution is -2.42. The summed E-state index contributed by atoms with van der Waals surface area (Å²) in [5.74, 6) is 0.790. The molecule has 1 N–H and O–H groups in total. The minimum Gasteiger partial charge on any atom is -0.378 e. The number of halogens is 3. The van der Waals surface area contributed by atoms with Gasteiger partial charge in [0.1, 0.15) is 6.61 Å². The second kappa shape index (κ2) is 7.00. The van der Waals surface area contributed by atoms with Crippen LogP contribution >= 0.6 is 0 Å². The molecule has 1 aromatic heterocycles. The molecular weight excluding hydrogens is 279 g/mol. The minimum absolute atomic E-state index is 0.0940. The third kappa shape index (κ3) is 5.43. The van der Waals surface area contributed by atoms with Gasteiger partial charge in [-0.2, -0.15) is 18.2 Å². The molecule has 1 saturated heterocycles. The number of hydrogen-bond acceptors (Lipinski definition) is 6. The third-order valence-electron chi connectivity index (χ3n) is 2.67. The molecule has 0 radical (unpaired) electrons. The maximum absolute atomic E-state index is 11.9. The van der Waals surface area contributed by atoms with Crippen LogP contribution in [-0.4, -0.2) is 55.3 Å². The fourth-order valence-electron chi connectivity index (χ4n) is 1.79. The molecule has 1 atom stereocenters. The van der Waals surface area contributed by atoms with Crippen molar-refractivity contribution >= 4 is 0 Å². The van der Waals surface area contributed by atoms with Crippen LogP contribution < -0.4 is 5.32 Å². The zero-order chi connectivity index (χ0) is 14.4. The average Bonchev–Trinajstić information content (AvgIpc) is 2.82. The predicted molar refractivity (Wildman–Crippen MR) is 61.2 cm³/mol. The van der Waals surface area contributed by atoms with E-state index < -0.39 is 12.8 Å². The number of nitrogens with zero attached hydrogens (tertiary/aromatic N) is 2. The monoisotopic (exact) mass is 295 g/mol. The molecule has 114 valence electrons. The van der Waals surface area contributed by atoms with Crippen molar-refractivity contribution in [2.75, 3.05) is 33.0 Å². The maximum Gasteiger partial charge on any atom is 0.411 e. The van der Waals surface area contributed by atoms with Crippen LogP contribution in [0.25, 0.3) is 0 Å². The smallest absolute Gasteiger partial charge is 0.378 e. The van der Waals surface area contributed by atoms with Gasteiger partial charge < -0.3 is 19.3 Å². The lowest BCUT2D eigenvalue weighted by molar-refractivity contribution is -0.173. The van der Waals surface area contributed by atoms with E-state index in [1.165, 1.54) is 0 Å². The first-order valence-electron chi connectivity index (χ1n) is 6.30. The van der Waals surface area contributed by atoms with Crippen molar-refractivity contribution in [3.05, 3.63) is 11.7 Å². The van der Waals surface area contributed by atoms with E-state index >= 15 is 0 Å². The van der Waals surface area contributed by atoms with Gasteiger partial charge in [0, 0.05) is 25.4 Å². The quantitative estimate of drug-likeness (QED) is 0.780. The van der Waals surface area contributed by atoms with Crippen LogP contribution in [0.3, 0.4) is 0 Å². The third-order valence-corrected chi connectivity index (χ3v) is 2.67. The topological polar surface area (TPSA) is 69.4 Å². The van der Waals surface area contributed by atoms with Crippen molar-refractivity contribution in [1.82, 2.24) is 15.5 Å². The van der Waals surface area contributed by atoms with Crippen LogP contribution in [0.5, 0.6) is 0 Å². The minimum atomic E-state index is -4.31. The Hall–Kier alpha value is -1.19. The summed E-state index contributed by atoms with van der Waals surface area (Å²) < 4.78 is 50.4. The molecule has 2 heterocycles. The molecule has 1 fully saturated rings. The predicted octanol–water partition coefficient (Wildman–Crippen LogP) is 0.722. The Morgan fingerprint density at radius 3 is 2.95 bits per heavy atom. The average molecular weight is 295 g/mol. The molecule has 0 amide bonds. The zero-order valence-corrected chi connectivity index (χ0v) is 10.8. The van der Waals surface area contributed by atoms with E-state index in [0.29, 0.717) is 31.3 Å². The zero-order valence-electron chi connectivity index (χ0n) is 10.8. The summed E-state index contributed by atoms with van der Waals surface area (Å²) in [7, 11) is 0. The Morgan fingerprint density at radius 2 is 2.25 bits per heavy atom. The van der Waals surface area contributed by atoms with E-state index in [0.717, 1.165) is 6.54 Å². The Kier molecular flexibility index (Phi) is 5.32. The second-order valence-electron chi connectivity index (χ2n) is 4.45. The molecule has 0 aliphatic carbocycles. The van der Waals surface area contributed by atoms with Gasteiger partial charge in [0.15, 0.2) is 5.82 Å². The van der Waals surface area contributed by atoms with Gasteiger partial charge in [-0.15, -0.1) is 0 Å². The highest BCUT2D eigenvalue weighted by atomic mass is 19.4. The molecule has 2 rings (SSSR count). The van der Waals surface area contributed by atoms with Crippen molar-refractivity contribution in [2.45, 2.75) is 25.1 Å². The first-order valence-corrected chi connectivity index (χ1v) is 6.30. The highest BCUT2D eigenvalue weighted by Crippen LogP contribution is 2.14. The molecule has 0 saturated carbocycles. The van der Waals surface area contributed by atoms with E-state index in [9.17, 15) is 13.2 Å². The molecule has 1 unspecified atom stereocenters. The largest absolute Gasteiger partial charge is 0.411 e. The fourth-order valence-corrected chi connectivity index (χ4v) is 1.79. The summed E-state index contributed by atoms with van der Waals surface area (Å²) in [5, 5.41) is 6.94. The van der Waals surface area contributed by atoms with Crippen LogP contribution in [0, 0.1) is 0 Å². The van der Waals surface area contributed by atoms with Crippen molar-refractivity contribution in [2.24, 2.45) is 0 Å². The number of aromatic nitrogens is 2. The molecule has 0 bridgehead atoms. The summed E-state index contributed by atoms with van der Waals surface area (Å²) in [5.41, 5.74) is 0. The Balaban J connectivity index is 1.69. The number of rotatable bonds is 6. The van der Waals surface area contributed by atoms with Crippen molar-refractivity contribution in [3.8, 4) is 0 Å². The first kappa shape index (κ1) is 15.2. The van der Waals surface area contributed by atoms with Gasteiger partial charge in [-0.3, -0.25) is 0 Å². The normalized spacial score (nSPS) is 20.2. The van der Waals surface area contributed by atoms with Crippen molar-refractivity contribution < 1.29 is 27.2 Å². The van der Waals surface area contributed by atoms with Crippen LogP contribution in [0.4, 0.5) is 13.2 Å². The maximum atomic E-state index is 11.9. The van der Waals surface area contributed by atoms with E-state index in [1.807, 2.05) is 0 Å². The Bertz CT molecular complexity index is 405. The SMILES string of the molecule is FC(F)(F)COCCc1noc(CC2COCCN2)n1. The number of ether oxygens (including phenoxy) is 2. The van der Waals surface area contributed by atoms with Crippen LogP contribution in [-0.2, 0) is 22.3 Å². The number of nitrogens with one attached hydrogen (secondary N) is 1. The van der Waals surface area contributed by atoms with Gasteiger partial charge >= 0.3 is 6.18 Å². The molecule has 6 nitrogen and oxygen atoms in total. The summed E-state index contributed by atoms with van der Waals surface area (Å²) >= 11 is 0. The number of morpholine rings is 1. The summed E-state index contributed by atoms with van der Waals surface area (Å²) in [4.78, 5) is 4.10. The summed E-state index contributed by atoms with van der Waals surface area (Å²) in [6.07, 6.45) is -3.58. The molecule has 0 spiro atoms.